The predicted molar refractivity (Wildman–Crippen MR) is 88.7 cm³/mol. The Labute approximate surface area is 197 Å². The number of fused-ring (bicyclic) bond motifs is 2. The van der Waals surface area contributed by atoms with Gasteiger partial charge in [0.25, 0.3) is 0 Å². The van der Waals surface area contributed by atoms with Gasteiger partial charge in [0.1, 0.15) is 0 Å². The van der Waals surface area contributed by atoms with Crippen LogP contribution in [0, 0.1) is 0 Å². The average Bonchev–Trinajstić information content (AvgIpc) is 2.85. The molecule has 24 heavy (non-hydrogen) atoms. The van der Waals surface area contributed by atoms with E-state index in [1.54, 1.807) is 24.7 Å². The standard InChI is InChI=1S/C19H12Br.3BrH.Zr/c20-19-10-4-8-17-16(7-3-9-18(17)19)15-11-13-5-1-2-6-14(13)12-15;;;;/h1-12H;3*1H;/q;;;;+3/p-3. The van der Waals surface area contributed by atoms with Gasteiger partial charge in [-0.3, -0.25) is 0 Å². The summed E-state index contributed by atoms with van der Waals surface area (Å²) in [4.78, 5) is 0. The summed E-state index contributed by atoms with van der Waals surface area (Å²) in [5, 5.41) is 2.62. The normalized spacial score (nSPS) is 14.8. The molecule has 0 aromatic heterocycles. The van der Waals surface area contributed by atoms with Crippen molar-refractivity contribution < 1.29 is 75.7 Å². The van der Waals surface area contributed by atoms with Crippen molar-refractivity contribution in [2.24, 2.45) is 0 Å². The van der Waals surface area contributed by atoms with Crippen LogP contribution in [0.2, 0.25) is 0 Å². The second-order valence-electron chi connectivity index (χ2n) is 5.30. The second kappa shape index (κ2) is 9.41. The van der Waals surface area contributed by atoms with Crippen molar-refractivity contribution in [3.63, 3.8) is 0 Å². The van der Waals surface area contributed by atoms with Crippen LogP contribution in [0.5, 0.6) is 0 Å². The molecular formula is C19H12Br4Zr. The van der Waals surface area contributed by atoms with Gasteiger partial charge in [0.15, 0.2) is 0 Å². The van der Waals surface area contributed by atoms with E-state index in [0.717, 1.165) is 0 Å². The topological polar surface area (TPSA) is 0 Å². The molecule has 0 heterocycles. The molecule has 0 N–H and O–H groups in total. The van der Waals surface area contributed by atoms with Crippen LogP contribution >= 0.6 is 15.9 Å². The molecule has 1 aliphatic rings. The van der Waals surface area contributed by atoms with Crippen LogP contribution in [0.4, 0.5) is 0 Å². The molecule has 0 saturated carbocycles. The Hall–Kier alpha value is 0.463. The van der Waals surface area contributed by atoms with E-state index in [4.69, 9.17) is 0 Å². The van der Waals surface area contributed by atoms with E-state index < -0.39 is 0 Å². The summed E-state index contributed by atoms with van der Waals surface area (Å²) in [6, 6.07) is 21.8. The summed E-state index contributed by atoms with van der Waals surface area (Å²) in [6.45, 7) is 0. The zero-order valence-electron chi connectivity index (χ0n) is 12.4. The van der Waals surface area contributed by atoms with Crippen LogP contribution in [0.15, 0.2) is 65.1 Å². The van der Waals surface area contributed by atoms with Gasteiger partial charge in [-0.05, 0) is 0 Å². The maximum Gasteiger partial charge on any atom is -1.00 e. The van der Waals surface area contributed by atoms with E-state index in [-0.39, 0.29) is 50.9 Å². The third-order valence-electron chi connectivity index (χ3n) is 4.11. The first kappa shape index (κ1) is 22.5. The van der Waals surface area contributed by atoms with Gasteiger partial charge in [-0.15, -0.1) is 0 Å². The minimum absolute atomic E-state index is 0. The summed E-state index contributed by atoms with van der Waals surface area (Å²) in [7, 11) is 0. The molecule has 0 radical (unpaired) electrons. The van der Waals surface area contributed by atoms with Crippen molar-refractivity contribution >= 4 is 38.4 Å². The first-order valence-corrected chi connectivity index (χ1v) is 9.16. The second-order valence-corrected chi connectivity index (χ2v) is 7.58. The van der Waals surface area contributed by atoms with Gasteiger partial charge < -0.3 is 50.9 Å². The van der Waals surface area contributed by atoms with Crippen LogP contribution in [0.25, 0.3) is 22.4 Å². The van der Waals surface area contributed by atoms with Gasteiger partial charge in [0, 0.05) is 0 Å². The molecule has 0 bridgehead atoms. The monoisotopic (exact) mass is 646 g/mol. The number of halogens is 4. The van der Waals surface area contributed by atoms with Crippen molar-refractivity contribution in [3.05, 3.63) is 81.8 Å². The van der Waals surface area contributed by atoms with E-state index in [1.165, 1.54) is 37.5 Å². The van der Waals surface area contributed by atoms with Crippen LogP contribution in [0.1, 0.15) is 20.3 Å². The molecule has 5 heteroatoms. The van der Waals surface area contributed by atoms with Crippen LogP contribution in [-0.4, -0.2) is 0 Å². The Balaban J connectivity index is 0.000000960. The number of benzene rings is 3. The van der Waals surface area contributed by atoms with Crippen LogP contribution in [-0.2, 0) is 24.7 Å². The number of hydrogen-bond acceptors (Lipinski definition) is 0. The fraction of sp³-hybridized carbons (Fsp3) is 0.0526. The molecule has 0 spiro atoms. The third-order valence-corrected chi connectivity index (χ3v) is 6.33. The summed E-state index contributed by atoms with van der Waals surface area (Å²) in [5.41, 5.74) is 5.67. The Morgan fingerprint density at radius 1 is 0.750 bits per heavy atom. The van der Waals surface area contributed by atoms with Crippen LogP contribution in [0.3, 0.4) is 0 Å². The minimum atomic E-state index is 0. The van der Waals surface area contributed by atoms with Crippen molar-refractivity contribution in [3.8, 4) is 0 Å². The molecule has 0 fully saturated rings. The molecule has 0 saturated heterocycles. The molecule has 4 rings (SSSR count). The average molecular weight is 651 g/mol. The summed E-state index contributed by atoms with van der Waals surface area (Å²) >= 11 is 5.22. The van der Waals surface area contributed by atoms with Crippen molar-refractivity contribution in [1.82, 2.24) is 0 Å². The van der Waals surface area contributed by atoms with Gasteiger partial charge in [-0.2, -0.15) is 0 Å². The quantitative estimate of drug-likeness (QED) is 0.260. The molecule has 1 atom stereocenters. The Morgan fingerprint density at radius 3 is 2.17 bits per heavy atom. The first-order valence-electron chi connectivity index (χ1n) is 6.95. The first-order chi connectivity index (χ1) is 10.3. The van der Waals surface area contributed by atoms with Gasteiger partial charge >= 0.3 is 149 Å². The summed E-state index contributed by atoms with van der Waals surface area (Å²) in [5.74, 6) is 0. The minimum Gasteiger partial charge on any atom is -1.00 e. The summed E-state index contributed by atoms with van der Waals surface area (Å²) in [6.07, 6.45) is 2.37. The van der Waals surface area contributed by atoms with E-state index in [0.29, 0.717) is 3.63 Å². The fourth-order valence-electron chi connectivity index (χ4n) is 3.08. The largest absolute Gasteiger partial charge is 1.00 e. The molecule has 0 amide bonds. The molecule has 0 nitrogen and oxygen atoms in total. The van der Waals surface area contributed by atoms with E-state index in [1.807, 2.05) is 0 Å². The maximum absolute atomic E-state index is 3.67. The predicted octanol–water partition coefficient (Wildman–Crippen LogP) is -3.24. The van der Waals surface area contributed by atoms with E-state index >= 15 is 0 Å². The molecule has 3 aromatic carbocycles. The number of rotatable bonds is 1. The Kier molecular flexibility index (Phi) is 8.83. The zero-order valence-corrected chi connectivity index (χ0v) is 21.2. The smallest absolute Gasteiger partial charge is 1.00 e. The molecule has 120 valence electrons. The molecular weight excluding hydrogens is 639 g/mol. The Morgan fingerprint density at radius 2 is 1.42 bits per heavy atom. The van der Waals surface area contributed by atoms with E-state index in [2.05, 4.69) is 82.7 Å². The van der Waals surface area contributed by atoms with Crippen molar-refractivity contribution in [2.75, 3.05) is 0 Å². The molecule has 0 aliphatic heterocycles. The number of allylic oxidation sites excluding steroid dienone is 1. The van der Waals surface area contributed by atoms with Crippen molar-refractivity contribution in [1.29, 1.82) is 0 Å². The fourth-order valence-corrected chi connectivity index (χ4v) is 4.81. The SMILES string of the molecule is Brc1cccc2c(C3=Cc4ccccc4[CH]3[Zr+3])cccc12.[Br-].[Br-].[Br-]. The van der Waals surface area contributed by atoms with Crippen molar-refractivity contribution in [2.45, 2.75) is 3.63 Å². The summed E-state index contributed by atoms with van der Waals surface area (Å²) < 4.78 is 1.71. The molecule has 1 aliphatic carbocycles. The third kappa shape index (κ3) is 3.91. The molecule has 1 unspecified atom stereocenters. The van der Waals surface area contributed by atoms with Gasteiger partial charge in [-0.25, -0.2) is 0 Å². The number of hydrogen-bond donors (Lipinski definition) is 0. The van der Waals surface area contributed by atoms with Gasteiger partial charge in [0.2, 0.25) is 0 Å². The zero-order chi connectivity index (χ0) is 14.4. The van der Waals surface area contributed by atoms with Gasteiger partial charge in [-0.1, -0.05) is 0 Å². The maximum atomic E-state index is 3.67. The van der Waals surface area contributed by atoms with Gasteiger partial charge in [0.05, 0.1) is 0 Å². The Bertz CT molecular complexity index is 889. The van der Waals surface area contributed by atoms with E-state index in [9.17, 15) is 0 Å². The van der Waals surface area contributed by atoms with Crippen LogP contribution < -0.4 is 50.9 Å². The molecule has 3 aromatic rings.